The zero-order chi connectivity index (χ0) is 38.4. The van der Waals surface area contributed by atoms with E-state index in [0.29, 0.717) is 48.8 Å². The smallest absolute Gasteiger partial charge is 0.435 e. The summed E-state index contributed by atoms with van der Waals surface area (Å²) in [7, 11) is 2.92. The summed E-state index contributed by atoms with van der Waals surface area (Å²) in [5.41, 5.74) is 4.05. The first kappa shape index (κ1) is 38.0. The molecule has 0 saturated heterocycles. The molecule has 2 aromatic carbocycles. The van der Waals surface area contributed by atoms with Crippen LogP contribution in [-0.2, 0) is 36.8 Å². The Morgan fingerprint density at radius 1 is 0.963 bits per heavy atom. The minimum absolute atomic E-state index is 0.00403. The van der Waals surface area contributed by atoms with E-state index in [0.717, 1.165) is 46.2 Å². The Balaban J connectivity index is 1.13. The number of hydrogen-bond donors (Lipinski definition) is 3. The lowest BCUT2D eigenvalue weighted by molar-refractivity contribution is -0.143. The number of ether oxygens (including phenoxy) is 2. The number of nitrogens with zero attached hydrogens (tertiary/aromatic N) is 3. The Morgan fingerprint density at radius 3 is 2.33 bits per heavy atom. The van der Waals surface area contributed by atoms with Gasteiger partial charge in [-0.15, -0.1) is 0 Å². The fourth-order valence-electron chi connectivity index (χ4n) is 8.24. The molecule has 0 radical (unpaired) electrons. The number of aliphatic carboxylic acids is 1. The predicted octanol–water partition coefficient (Wildman–Crippen LogP) is 8.21. The Kier molecular flexibility index (Phi) is 10.6. The van der Waals surface area contributed by atoms with Gasteiger partial charge < -0.3 is 25.0 Å². The first-order chi connectivity index (χ1) is 25.8. The maximum Gasteiger partial charge on any atom is 0.435 e. The molecule has 2 heterocycles. The van der Waals surface area contributed by atoms with Crippen LogP contribution in [0.1, 0.15) is 85.1 Å². The van der Waals surface area contributed by atoms with Crippen LogP contribution in [0.25, 0.3) is 22.4 Å². The molecule has 4 aromatic rings. The molecule has 2 fully saturated rings. The van der Waals surface area contributed by atoms with Crippen molar-refractivity contribution in [3.05, 3.63) is 87.3 Å². The van der Waals surface area contributed by atoms with Crippen molar-refractivity contribution in [2.24, 2.45) is 11.8 Å². The number of carboxylic acids is 1. The SMILES string of the molecule is COc1nc(-c2cccc(-c3cccc4c3CC[C@@H]4Cc3nc(OC)c(CC[C@H](C(=O)O)C4CC4)nc3C(F)(F)F)c2Cl)ccc1CNC1CC(C)(O)C1. The summed E-state index contributed by atoms with van der Waals surface area (Å²) in [6.07, 6.45) is -0.307. The lowest BCUT2D eigenvalue weighted by atomic mass is 9.77. The minimum atomic E-state index is -4.76. The highest BCUT2D eigenvalue weighted by Gasteiger charge is 2.41. The number of aliphatic hydroxyl groups is 1. The zero-order valence-corrected chi connectivity index (χ0v) is 31.2. The molecule has 2 atom stereocenters. The molecular weight excluding hydrogens is 721 g/mol. The van der Waals surface area contributed by atoms with Gasteiger partial charge in [0.1, 0.15) is 5.69 Å². The molecule has 0 unspecified atom stereocenters. The van der Waals surface area contributed by atoms with Crippen LogP contribution in [0.2, 0.25) is 5.02 Å². The van der Waals surface area contributed by atoms with Crippen molar-refractivity contribution < 1.29 is 37.7 Å². The number of carboxylic acid groups (broad SMARTS) is 1. The van der Waals surface area contributed by atoms with Crippen molar-refractivity contribution in [3.63, 3.8) is 0 Å². The second-order valence-corrected chi connectivity index (χ2v) is 15.5. The van der Waals surface area contributed by atoms with E-state index in [-0.39, 0.29) is 54.4 Å². The van der Waals surface area contributed by atoms with Gasteiger partial charge in [-0.25, -0.2) is 15.0 Å². The molecule has 9 nitrogen and oxygen atoms in total. The lowest BCUT2D eigenvalue weighted by Gasteiger charge is -2.41. The molecule has 0 bridgehead atoms. The number of pyridine rings is 1. The molecular formula is C41H44ClF3N4O5. The average Bonchev–Trinajstić information content (AvgIpc) is 3.88. The number of carbonyl (C=O) groups is 1. The van der Waals surface area contributed by atoms with Crippen LogP contribution in [0.3, 0.4) is 0 Å². The number of methoxy groups -OCH3 is 2. The van der Waals surface area contributed by atoms with E-state index < -0.39 is 29.4 Å². The number of fused-ring (bicyclic) bond motifs is 1. The van der Waals surface area contributed by atoms with Gasteiger partial charge in [-0.3, -0.25) is 4.79 Å². The van der Waals surface area contributed by atoms with Crippen LogP contribution in [0, 0.1) is 11.8 Å². The Bertz CT molecular complexity index is 2050. The van der Waals surface area contributed by atoms with Crippen molar-refractivity contribution in [1.29, 1.82) is 0 Å². The number of alkyl halides is 3. The first-order valence-corrected chi connectivity index (χ1v) is 18.8. The molecule has 286 valence electrons. The molecule has 0 aliphatic heterocycles. The standard InChI is InChI=1S/C41H44ClF3N4O5/c1-40(52)19-25(20-40)46-21-24-13-16-32(48-37(24)53-2)31-9-5-8-30(35(31)42)28-7-4-6-26-23(12-14-29(26)28)18-34-36(41(43,44)45)47-33(38(49-34)54-3)17-15-27(39(50)51)22-10-11-22/h4-9,13,16,22-23,25,27,46,52H,10-12,14-15,17-21H2,1-3H3,(H,50,51)/t23-,25?,27+,40?/m1/s1. The van der Waals surface area contributed by atoms with Crippen molar-refractivity contribution in [3.8, 4) is 34.1 Å². The quantitative estimate of drug-likeness (QED) is 0.116. The molecule has 13 heteroatoms. The van der Waals surface area contributed by atoms with Gasteiger partial charge >= 0.3 is 12.1 Å². The van der Waals surface area contributed by atoms with E-state index in [9.17, 15) is 28.2 Å². The third kappa shape index (κ3) is 7.92. The second-order valence-electron chi connectivity index (χ2n) is 15.1. The van der Waals surface area contributed by atoms with Gasteiger partial charge in [0.15, 0.2) is 5.69 Å². The second kappa shape index (κ2) is 15.1. The maximum absolute atomic E-state index is 14.5. The summed E-state index contributed by atoms with van der Waals surface area (Å²) >= 11 is 7.13. The van der Waals surface area contributed by atoms with Gasteiger partial charge in [-0.05, 0) is 99.3 Å². The molecule has 54 heavy (non-hydrogen) atoms. The van der Waals surface area contributed by atoms with Crippen LogP contribution in [-0.4, -0.2) is 57.0 Å². The Hall–Kier alpha value is -4.26. The Labute approximate surface area is 317 Å². The van der Waals surface area contributed by atoms with E-state index >= 15 is 0 Å². The van der Waals surface area contributed by atoms with E-state index in [1.165, 1.54) is 7.11 Å². The normalized spacial score (nSPS) is 21.3. The molecule has 3 aliphatic carbocycles. The molecule has 2 saturated carbocycles. The summed E-state index contributed by atoms with van der Waals surface area (Å²) in [5, 5.41) is 23.7. The van der Waals surface area contributed by atoms with E-state index in [1.807, 2.05) is 55.5 Å². The van der Waals surface area contributed by atoms with E-state index in [2.05, 4.69) is 15.3 Å². The fraction of sp³-hybridized carbons (Fsp3) is 0.463. The third-order valence-corrected chi connectivity index (χ3v) is 11.6. The zero-order valence-electron chi connectivity index (χ0n) is 30.5. The van der Waals surface area contributed by atoms with Crippen molar-refractivity contribution >= 4 is 17.6 Å². The number of aryl methyl sites for hydroxylation is 1. The highest BCUT2D eigenvalue weighted by molar-refractivity contribution is 6.36. The monoisotopic (exact) mass is 764 g/mol. The van der Waals surface area contributed by atoms with Gasteiger partial charge in [-0.1, -0.05) is 54.1 Å². The van der Waals surface area contributed by atoms with Gasteiger partial charge in [0.05, 0.1) is 42.1 Å². The van der Waals surface area contributed by atoms with Crippen LogP contribution in [0.4, 0.5) is 13.2 Å². The van der Waals surface area contributed by atoms with Gasteiger partial charge in [0, 0.05) is 29.3 Å². The highest BCUT2D eigenvalue weighted by atomic mass is 35.5. The van der Waals surface area contributed by atoms with E-state index in [1.54, 1.807) is 7.11 Å². The van der Waals surface area contributed by atoms with Crippen LogP contribution >= 0.6 is 11.6 Å². The number of benzene rings is 2. The van der Waals surface area contributed by atoms with Crippen LogP contribution in [0.5, 0.6) is 11.8 Å². The number of nitrogens with one attached hydrogen (secondary N) is 1. The van der Waals surface area contributed by atoms with Crippen LogP contribution < -0.4 is 14.8 Å². The molecule has 2 aromatic heterocycles. The molecule has 3 aliphatic rings. The maximum atomic E-state index is 14.5. The summed E-state index contributed by atoms with van der Waals surface area (Å²) in [6.45, 7) is 2.38. The summed E-state index contributed by atoms with van der Waals surface area (Å²) in [4.78, 5) is 25.0. The lowest BCUT2D eigenvalue weighted by Crippen LogP contribution is -2.51. The molecule has 0 spiro atoms. The molecule has 0 amide bonds. The highest BCUT2D eigenvalue weighted by Crippen LogP contribution is 2.46. The molecule has 3 N–H and O–H groups in total. The van der Waals surface area contributed by atoms with Gasteiger partial charge in [0.2, 0.25) is 11.8 Å². The largest absolute Gasteiger partial charge is 0.481 e. The number of halogens is 4. The number of hydrogen-bond acceptors (Lipinski definition) is 8. The van der Waals surface area contributed by atoms with Crippen molar-refractivity contribution in [2.75, 3.05) is 14.2 Å². The predicted molar refractivity (Wildman–Crippen MR) is 198 cm³/mol. The van der Waals surface area contributed by atoms with Gasteiger partial charge in [0.25, 0.3) is 0 Å². The van der Waals surface area contributed by atoms with Crippen molar-refractivity contribution in [2.45, 2.75) is 95.0 Å². The van der Waals surface area contributed by atoms with E-state index in [4.69, 9.17) is 26.1 Å². The van der Waals surface area contributed by atoms with Crippen molar-refractivity contribution in [1.82, 2.24) is 20.3 Å². The Morgan fingerprint density at radius 2 is 1.67 bits per heavy atom. The van der Waals surface area contributed by atoms with Crippen LogP contribution in [0.15, 0.2) is 48.5 Å². The fourth-order valence-corrected chi connectivity index (χ4v) is 8.57. The molecule has 7 rings (SSSR count). The third-order valence-electron chi connectivity index (χ3n) is 11.2. The summed E-state index contributed by atoms with van der Waals surface area (Å²) < 4.78 is 54.6. The number of rotatable bonds is 14. The minimum Gasteiger partial charge on any atom is -0.481 e. The summed E-state index contributed by atoms with van der Waals surface area (Å²) in [5.74, 6) is -1.31. The summed E-state index contributed by atoms with van der Waals surface area (Å²) in [6, 6.07) is 15.7. The van der Waals surface area contributed by atoms with Gasteiger partial charge in [-0.2, -0.15) is 13.2 Å². The number of aromatic nitrogens is 3. The average molecular weight is 765 g/mol. The first-order valence-electron chi connectivity index (χ1n) is 18.4. The topological polar surface area (TPSA) is 127 Å².